The van der Waals surface area contributed by atoms with Crippen LogP contribution in [0.3, 0.4) is 0 Å². The number of likely N-dealkylation sites (tertiary alicyclic amines) is 1. The van der Waals surface area contributed by atoms with Crippen molar-refractivity contribution >= 4 is 23.2 Å². The highest BCUT2D eigenvalue weighted by molar-refractivity contribution is 6.31. The summed E-state index contributed by atoms with van der Waals surface area (Å²) in [6.45, 7) is 2.66. The molecule has 0 saturated carbocycles. The van der Waals surface area contributed by atoms with Crippen LogP contribution in [0.15, 0.2) is 73.1 Å². The van der Waals surface area contributed by atoms with Crippen LogP contribution < -0.4 is 15.5 Å². The molecule has 0 aliphatic carbocycles. The summed E-state index contributed by atoms with van der Waals surface area (Å²) in [6.07, 6.45) is 4.26. The minimum absolute atomic E-state index is 0.0375. The first-order valence-electron chi connectivity index (χ1n) is 11.6. The fourth-order valence-corrected chi connectivity index (χ4v) is 4.52. The summed E-state index contributed by atoms with van der Waals surface area (Å²) in [6, 6.07) is 20.2. The number of nitrogens with one attached hydrogen (secondary N) is 2. The van der Waals surface area contributed by atoms with Crippen LogP contribution in [-0.2, 0) is 24.4 Å². The van der Waals surface area contributed by atoms with Crippen LogP contribution in [0.1, 0.15) is 23.1 Å². The standard InChI is InChI=1S/C27H32ClN5O/c1-32(2)24-11-9-20(10-12-24)16-30-23-14-26(27(34)31-17-21-6-5-13-29-15-21)33(19-23)18-22-7-3-4-8-25(22)28/h3-13,15,23,26,30H,14,16-19H2,1-2H3,(H,31,34)/t23-,26-/m0/s1. The number of halogens is 1. The number of anilines is 1. The van der Waals surface area contributed by atoms with Crippen molar-refractivity contribution in [2.24, 2.45) is 0 Å². The van der Waals surface area contributed by atoms with Crippen molar-refractivity contribution in [3.63, 3.8) is 0 Å². The fourth-order valence-electron chi connectivity index (χ4n) is 4.33. The Morgan fingerprint density at radius 2 is 1.85 bits per heavy atom. The van der Waals surface area contributed by atoms with Crippen molar-refractivity contribution in [1.82, 2.24) is 20.5 Å². The predicted octanol–water partition coefficient (Wildman–Crippen LogP) is 3.85. The Balaban J connectivity index is 1.41. The highest BCUT2D eigenvalue weighted by atomic mass is 35.5. The van der Waals surface area contributed by atoms with E-state index in [1.54, 1.807) is 12.4 Å². The molecule has 2 N–H and O–H groups in total. The number of carbonyl (C=O) groups excluding carboxylic acids is 1. The smallest absolute Gasteiger partial charge is 0.237 e. The van der Waals surface area contributed by atoms with Gasteiger partial charge in [0.2, 0.25) is 5.91 Å². The molecule has 0 bridgehead atoms. The first-order valence-corrected chi connectivity index (χ1v) is 12.0. The van der Waals surface area contributed by atoms with Crippen molar-refractivity contribution < 1.29 is 4.79 Å². The number of aromatic nitrogens is 1. The number of hydrogen-bond acceptors (Lipinski definition) is 5. The van der Waals surface area contributed by atoms with E-state index >= 15 is 0 Å². The first-order chi connectivity index (χ1) is 16.5. The quantitative estimate of drug-likeness (QED) is 0.490. The molecule has 4 rings (SSSR count). The molecule has 3 aromatic rings. The average Bonchev–Trinajstić information content (AvgIpc) is 3.26. The van der Waals surface area contributed by atoms with Crippen LogP contribution in [0.4, 0.5) is 5.69 Å². The SMILES string of the molecule is CN(C)c1ccc(CN[C@H]2C[C@@H](C(=O)NCc3cccnc3)N(Cc3ccccc3Cl)C2)cc1. The number of nitrogens with zero attached hydrogens (tertiary/aromatic N) is 3. The maximum atomic E-state index is 13.2. The Hall–Kier alpha value is -2.93. The first kappa shape index (κ1) is 24.2. The molecule has 34 heavy (non-hydrogen) atoms. The second-order valence-electron chi connectivity index (χ2n) is 8.99. The Morgan fingerprint density at radius 1 is 1.06 bits per heavy atom. The summed E-state index contributed by atoms with van der Waals surface area (Å²) in [7, 11) is 4.08. The second kappa shape index (κ2) is 11.5. The van der Waals surface area contributed by atoms with Gasteiger partial charge in [0.15, 0.2) is 0 Å². The van der Waals surface area contributed by atoms with E-state index in [4.69, 9.17) is 11.6 Å². The van der Waals surface area contributed by atoms with Gasteiger partial charge in [-0.25, -0.2) is 0 Å². The summed E-state index contributed by atoms with van der Waals surface area (Å²) in [4.78, 5) is 21.6. The predicted molar refractivity (Wildman–Crippen MR) is 138 cm³/mol. The average molecular weight is 478 g/mol. The highest BCUT2D eigenvalue weighted by Gasteiger charge is 2.36. The number of benzene rings is 2. The van der Waals surface area contributed by atoms with Crippen molar-refractivity contribution in [2.75, 3.05) is 25.5 Å². The van der Waals surface area contributed by atoms with E-state index in [1.165, 1.54) is 11.3 Å². The fraction of sp³-hybridized carbons (Fsp3) is 0.333. The number of rotatable bonds is 9. The van der Waals surface area contributed by atoms with Crippen LogP contribution >= 0.6 is 11.6 Å². The molecule has 7 heteroatoms. The minimum atomic E-state index is -0.221. The summed E-state index contributed by atoms with van der Waals surface area (Å²) in [5.74, 6) is 0.0375. The van der Waals surface area contributed by atoms with Gasteiger partial charge in [-0.2, -0.15) is 0 Å². The molecular formula is C27H32ClN5O. The number of carbonyl (C=O) groups is 1. The lowest BCUT2D eigenvalue weighted by Gasteiger charge is -2.24. The van der Waals surface area contributed by atoms with Crippen molar-refractivity contribution in [3.05, 3.63) is 94.8 Å². The maximum Gasteiger partial charge on any atom is 0.237 e. The van der Waals surface area contributed by atoms with Gasteiger partial charge in [0.25, 0.3) is 0 Å². The molecular weight excluding hydrogens is 446 g/mol. The van der Waals surface area contributed by atoms with E-state index in [-0.39, 0.29) is 18.0 Å². The van der Waals surface area contributed by atoms with Gasteiger partial charge in [-0.3, -0.25) is 14.7 Å². The summed E-state index contributed by atoms with van der Waals surface area (Å²) in [5.41, 5.74) is 4.44. The Bertz CT molecular complexity index is 1070. The molecule has 178 valence electrons. The van der Waals surface area contributed by atoms with E-state index in [9.17, 15) is 4.79 Å². The van der Waals surface area contributed by atoms with E-state index < -0.39 is 0 Å². The van der Waals surface area contributed by atoms with Gasteiger partial charge in [-0.05, 0) is 47.4 Å². The van der Waals surface area contributed by atoms with Gasteiger partial charge in [-0.1, -0.05) is 48.0 Å². The molecule has 2 aromatic carbocycles. The van der Waals surface area contributed by atoms with E-state index in [1.807, 2.05) is 50.5 Å². The van der Waals surface area contributed by atoms with E-state index in [2.05, 4.69) is 49.7 Å². The van der Waals surface area contributed by atoms with Gasteiger partial charge in [0.05, 0.1) is 6.04 Å². The summed E-state index contributed by atoms with van der Waals surface area (Å²) >= 11 is 6.43. The summed E-state index contributed by atoms with van der Waals surface area (Å²) < 4.78 is 0. The number of amides is 1. The van der Waals surface area contributed by atoms with Crippen LogP contribution in [-0.4, -0.2) is 48.5 Å². The van der Waals surface area contributed by atoms with Crippen LogP contribution in [0.5, 0.6) is 0 Å². The molecule has 6 nitrogen and oxygen atoms in total. The Labute approximate surface area is 206 Å². The third-order valence-corrected chi connectivity index (χ3v) is 6.64. The van der Waals surface area contributed by atoms with Gasteiger partial charge in [0.1, 0.15) is 0 Å². The lowest BCUT2D eigenvalue weighted by atomic mass is 10.1. The van der Waals surface area contributed by atoms with E-state index in [0.29, 0.717) is 13.1 Å². The van der Waals surface area contributed by atoms with Crippen molar-refractivity contribution in [2.45, 2.75) is 38.1 Å². The molecule has 1 saturated heterocycles. The van der Waals surface area contributed by atoms with Gasteiger partial charge >= 0.3 is 0 Å². The molecule has 1 aromatic heterocycles. The van der Waals surface area contributed by atoms with Crippen LogP contribution in [0.25, 0.3) is 0 Å². The summed E-state index contributed by atoms with van der Waals surface area (Å²) in [5, 5.41) is 7.48. The van der Waals surface area contributed by atoms with Gasteiger partial charge in [-0.15, -0.1) is 0 Å². The lowest BCUT2D eigenvalue weighted by molar-refractivity contribution is -0.125. The van der Waals surface area contributed by atoms with Crippen molar-refractivity contribution in [3.8, 4) is 0 Å². The number of hydrogen-bond donors (Lipinski definition) is 2. The molecule has 1 aliphatic heterocycles. The molecule has 0 spiro atoms. The normalized spacial score (nSPS) is 18.1. The Morgan fingerprint density at radius 3 is 2.56 bits per heavy atom. The number of pyridine rings is 1. The second-order valence-corrected chi connectivity index (χ2v) is 9.40. The zero-order chi connectivity index (χ0) is 23.9. The molecule has 1 fully saturated rings. The zero-order valence-corrected chi connectivity index (χ0v) is 20.5. The monoisotopic (exact) mass is 477 g/mol. The molecule has 1 aliphatic rings. The van der Waals surface area contributed by atoms with Crippen LogP contribution in [0, 0.1) is 0 Å². The molecule has 0 unspecified atom stereocenters. The topological polar surface area (TPSA) is 60.5 Å². The minimum Gasteiger partial charge on any atom is -0.378 e. The molecule has 1 amide bonds. The van der Waals surface area contributed by atoms with Crippen LogP contribution in [0.2, 0.25) is 5.02 Å². The largest absolute Gasteiger partial charge is 0.378 e. The van der Waals surface area contributed by atoms with Gasteiger partial charge in [0, 0.05) is 69.4 Å². The molecule has 2 heterocycles. The van der Waals surface area contributed by atoms with E-state index in [0.717, 1.165) is 35.7 Å². The van der Waals surface area contributed by atoms with Crippen molar-refractivity contribution in [1.29, 1.82) is 0 Å². The molecule has 2 atom stereocenters. The highest BCUT2D eigenvalue weighted by Crippen LogP contribution is 2.25. The lowest BCUT2D eigenvalue weighted by Crippen LogP contribution is -2.42. The zero-order valence-electron chi connectivity index (χ0n) is 19.7. The third kappa shape index (κ3) is 6.35. The molecule has 0 radical (unpaired) electrons. The maximum absolute atomic E-state index is 13.2. The van der Waals surface area contributed by atoms with Gasteiger partial charge < -0.3 is 15.5 Å². The Kier molecular flexibility index (Phi) is 8.16. The third-order valence-electron chi connectivity index (χ3n) is 6.27.